The van der Waals surface area contributed by atoms with Crippen molar-refractivity contribution in [3.63, 3.8) is 0 Å². The van der Waals surface area contributed by atoms with Crippen LogP contribution in [0.3, 0.4) is 0 Å². The van der Waals surface area contributed by atoms with Gasteiger partial charge in [0.25, 0.3) is 0 Å². The number of hydrogen-bond donors (Lipinski definition) is 3. The topological polar surface area (TPSA) is 70.2 Å². The molecule has 0 bridgehead atoms. The lowest BCUT2D eigenvalue weighted by Gasteiger charge is -2.22. The van der Waals surface area contributed by atoms with Gasteiger partial charge in [-0.25, -0.2) is 4.79 Å². The van der Waals surface area contributed by atoms with E-state index in [1.165, 1.54) is 0 Å². The normalized spacial score (nSPS) is 12.2. The Morgan fingerprint density at radius 2 is 1.36 bits per heavy atom. The van der Waals surface area contributed by atoms with Crippen molar-refractivity contribution in [2.45, 2.75) is 33.7 Å². The second kappa shape index (κ2) is 7.83. The Hall–Kier alpha value is -2.82. The van der Waals surface area contributed by atoms with Gasteiger partial charge in [-0.15, -0.1) is 0 Å². The molecular weight excluding hydrogens is 314 g/mol. The van der Waals surface area contributed by atoms with E-state index in [0.29, 0.717) is 5.69 Å². The molecule has 0 fully saturated rings. The fraction of sp³-hybridized carbons (Fsp3) is 0.300. The van der Waals surface area contributed by atoms with Gasteiger partial charge in [0, 0.05) is 16.8 Å². The van der Waals surface area contributed by atoms with E-state index in [0.717, 1.165) is 11.3 Å². The van der Waals surface area contributed by atoms with Crippen LogP contribution >= 0.6 is 0 Å². The zero-order chi connectivity index (χ0) is 18.4. The van der Waals surface area contributed by atoms with Gasteiger partial charge in [0.2, 0.25) is 5.91 Å². The molecule has 0 aromatic heterocycles. The minimum Gasteiger partial charge on any atom is -0.349 e. The van der Waals surface area contributed by atoms with E-state index >= 15 is 0 Å². The molecule has 0 radical (unpaired) electrons. The van der Waals surface area contributed by atoms with Crippen LogP contribution in [0.1, 0.15) is 39.3 Å². The minimum atomic E-state index is -0.425. The van der Waals surface area contributed by atoms with E-state index < -0.39 is 5.41 Å². The summed E-state index contributed by atoms with van der Waals surface area (Å²) in [4.78, 5) is 24.0. The van der Waals surface area contributed by atoms with Gasteiger partial charge in [0.1, 0.15) is 0 Å². The Bertz CT molecular complexity index is 719. The SMILES string of the molecule is CC(NC(=O)C(C)(C)C)c1ccc(NC(=O)Nc2ccccc2)cc1. The molecule has 0 spiro atoms. The Balaban J connectivity index is 1.93. The molecule has 132 valence electrons. The number of nitrogens with one attached hydrogen (secondary N) is 3. The lowest BCUT2D eigenvalue weighted by Crippen LogP contribution is -2.36. The third-order valence-electron chi connectivity index (χ3n) is 3.73. The van der Waals surface area contributed by atoms with Crippen LogP contribution in [0, 0.1) is 5.41 Å². The lowest BCUT2D eigenvalue weighted by atomic mass is 9.94. The van der Waals surface area contributed by atoms with E-state index in [9.17, 15) is 9.59 Å². The summed E-state index contributed by atoms with van der Waals surface area (Å²) in [5, 5.41) is 8.54. The minimum absolute atomic E-state index is 0.00411. The molecule has 0 aliphatic heterocycles. The predicted octanol–water partition coefficient (Wildman–Crippen LogP) is 4.55. The van der Waals surface area contributed by atoms with Gasteiger partial charge in [-0.05, 0) is 36.8 Å². The average Bonchev–Trinajstić information content (AvgIpc) is 2.55. The number of hydrogen-bond acceptors (Lipinski definition) is 2. The van der Waals surface area contributed by atoms with Crippen LogP contribution in [-0.4, -0.2) is 11.9 Å². The molecule has 0 saturated carbocycles. The van der Waals surface area contributed by atoms with Crippen molar-refractivity contribution in [2.75, 3.05) is 10.6 Å². The Kier molecular flexibility index (Phi) is 5.80. The number of benzene rings is 2. The second-order valence-electron chi connectivity index (χ2n) is 7.01. The third kappa shape index (κ3) is 5.64. The molecule has 0 aliphatic carbocycles. The number of rotatable bonds is 4. The van der Waals surface area contributed by atoms with E-state index in [-0.39, 0.29) is 18.0 Å². The highest BCUT2D eigenvalue weighted by Crippen LogP contribution is 2.19. The predicted molar refractivity (Wildman–Crippen MR) is 102 cm³/mol. The first-order chi connectivity index (χ1) is 11.8. The van der Waals surface area contributed by atoms with Gasteiger partial charge in [0.15, 0.2) is 0 Å². The molecule has 3 amide bonds. The Labute approximate surface area is 148 Å². The van der Waals surface area contributed by atoms with E-state index in [2.05, 4.69) is 16.0 Å². The quantitative estimate of drug-likeness (QED) is 0.764. The number of amides is 3. The molecule has 2 aromatic carbocycles. The van der Waals surface area contributed by atoms with Crippen LogP contribution in [0.25, 0.3) is 0 Å². The van der Waals surface area contributed by atoms with E-state index in [1.54, 1.807) is 0 Å². The Morgan fingerprint density at radius 1 is 0.840 bits per heavy atom. The molecule has 1 atom stereocenters. The number of para-hydroxylation sites is 1. The summed E-state index contributed by atoms with van der Waals surface area (Å²) in [6.45, 7) is 7.59. The largest absolute Gasteiger partial charge is 0.349 e. The van der Waals surface area contributed by atoms with Gasteiger partial charge < -0.3 is 16.0 Å². The lowest BCUT2D eigenvalue weighted by molar-refractivity contribution is -0.129. The number of carbonyl (C=O) groups is 2. The molecule has 2 rings (SSSR count). The molecule has 0 aliphatic rings. The molecule has 0 heterocycles. The standard InChI is InChI=1S/C20H25N3O2/c1-14(21-18(24)20(2,3)4)15-10-12-17(13-11-15)23-19(25)22-16-8-6-5-7-9-16/h5-14H,1-4H3,(H,21,24)(H2,22,23,25). The highest BCUT2D eigenvalue weighted by atomic mass is 16.2. The van der Waals surface area contributed by atoms with Gasteiger partial charge in [-0.1, -0.05) is 51.1 Å². The van der Waals surface area contributed by atoms with Crippen molar-refractivity contribution in [1.29, 1.82) is 0 Å². The average molecular weight is 339 g/mol. The summed E-state index contributed by atoms with van der Waals surface area (Å²) in [7, 11) is 0. The van der Waals surface area contributed by atoms with Crippen LogP contribution in [0.15, 0.2) is 54.6 Å². The summed E-state index contributed by atoms with van der Waals surface area (Å²) in [6, 6.07) is 16.3. The monoisotopic (exact) mass is 339 g/mol. The smallest absolute Gasteiger partial charge is 0.323 e. The number of anilines is 2. The van der Waals surface area contributed by atoms with Gasteiger partial charge >= 0.3 is 6.03 Å². The highest BCUT2D eigenvalue weighted by Gasteiger charge is 2.22. The first-order valence-electron chi connectivity index (χ1n) is 8.29. The summed E-state index contributed by atoms with van der Waals surface area (Å²) in [5.41, 5.74) is 1.97. The zero-order valence-electron chi connectivity index (χ0n) is 15.1. The van der Waals surface area contributed by atoms with E-state index in [4.69, 9.17) is 0 Å². The van der Waals surface area contributed by atoms with Gasteiger partial charge in [0.05, 0.1) is 6.04 Å². The zero-order valence-corrected chi connectivity index (χ0v) is 15.1. The van der Waals surface area contributed by atoms with Crippen LogP contribution in [0.5, 0.6) is 0 Å². The van der Waals surface area contributed by atoms with Crippen molar-refractivity contribution < 1.29 is 9.59 Å². The van der Waals surface area contributed by atoms with Crippen molar-refractivity contribution in [3.05, 3.63) is 60.2 Å². The molecule has 5 nitrogen and oxygen atoms in total. The van der Waals surface area contributed by atoms with Gasteiger partial charge in [-0.3, -0.25) is 4.79 Å². The summed E-state index contributed by atoms with van der Waals surface area (Å²) >= 11 is 0. The number of urea groups is 1. The molecular formula is C20H25N3O2. The fourth-order valence-electron chi connectivity index (χ4n) is 2.17. The maximum absolute atomic E-state index is 12.1. The third-order valence-corrected chi connectivity index (χ3v) is 3.73. The molecule has 5 heteroatoms. The van der Waals surface area contributed by atoms with Crippen molar-refractivity contribution in [3.8, 4) is 0 Å². The van der Waals surface area contributed by atoms with Crippen LogP contribution in [-0.2, 0) is 4.79 Å². The Morgan fingerprint density at radius 3 is 1.88 bits per heavy atom. The van der Waals surface area contributed by atoms with Crippen molar-refractivity contribution >= 4 is 23.3 Å². The van der Waals surface area contributed by atoms with Crippen molar-refractivity contribution in [1.82, 2.24) is 5.32 Å². The van der Waals surface area contributed by atoms with Gasteiger partial charge in [-0.2, -0.15) is 0 Å². The molecule has 25 heavy (non-hydrogen) atoms. The summed E-state index contributed by atoms with van der Waals surface area (Å²) in [6.07, 6.45) is 0. The van der Waals surface area contributed by atoms with Crippen LogP contribution in [0.2, 0.25) is 0 Å². The summed E-state index contributed by atoms with van der Waals surface area (Å²) in [5.74, 6) is 0.00411. The number of carbonyl (C=O) groups excluding carboxylic acids is 2. The molecule has 1 unspecified atom stereocenters. The van der Waals surface area contributed by atoms with Crippen LogP contribution < -0.4 is 16.0 Å². The maximum Gasteiger partial charge on any atom is 0.323 e. The van der Waals surface area contributed by atoms with Crippen LogP contribution in [0.4, 0.5) is 16.2 Å². The summed E-state index contributed by atoms with van der Waals surface area (Å²) < 4.78 is 0. The second-order valence-corrected chi connectivity index (χ2v) is 7.01. The first kappa shape index (κ1) is 18.5. The molecule has 3 N–H and O–H groups in total. The first-order valence-corrected chi connectivity index (χ1v) is 8.29. The van der Waals surface area contributed by atoms with Crippen molar-refractivity contribution in [2.24, 2.45) is 5.41 Å². The van der Waals surface area contributed by atoms with E-state index in [1.807, 2.05) is 82.3 Å². The molecule has 2 aromatic rings. The molecule has 0 saturated heterocycles. The maximum atomic E-state index is 12.1. The highest BCUT2D eigenvalue weighted by molar-refractivity contribution is 5.99. The fourth-order valence-corrected chi connectivity index (χ4v) is 2.17.